The van der Waals surface area contributed by atoms with Crippen LogP contribution in [0.15, 0.2) is 38.5 Å². The number of nitrogens with one attached hydrogen (secondary N) is 4. The Morgan fingerprint density at radius 3 is 2.58 bits per heavy atom. The SMILES string of the molecule is CC(=O)Nc1nnc(S(=O)(=O)N[C@]2(C(F)(F)F)C(=O)Nc3c2c(=O)[nH]c(=O)n3Cc2cccnc2)s1. The molecule has 1 atom stereocenters. The number of sulfonamides is 1. The van der Waals surface area contributed by atoms with Crippen molar-refractivity contribution >= 4 is 44.1 Å². The van der Waals surface area contributed by atoms with Gasteiger partial charge in [0.15, 0.2) is 0 Å². The molecule has 0 radical (unpaired) electrons. The van der Waals surface area contributed by atoms with Crippen molar-refractivity contribution in [2.45, 2.75) is 29.5 Å². The zero-order valence-electron chi connectivity index (χ0n) is 17.7. The van der Waals surface area contributed by atoms with Crippen LogP contribution in [0.4, 0.5) is 24.1 Å². The molecule has 4 N–H and O–H groups in total. The number of hydrogen-bond acceptors (Lipinski definition) is 10. The quantitative estimate of drug-likeness (QED) is 0.294. The number of aromatic amines is 1. The molecule has 3 aromatic rings. The summed E-state index contributed by atoms with van der Waals surface area (Å²) in [5.74, 6) is -3.48. The van der Waals surface area contributed by atoms with E-state index in [-0.39, 0.29) is 16.5 Å². The van der Waals surface area contributed by atoms with E-state index in [0.29, 0.717) is 10.1 Å². The van der Waals surface area contributed by atoms with Crippen LogP contribution in [0, 0.1) is 0 Å². The van der Waals surface area contributed by atoms with Crippen LogP contribution in [-0.2, 0) is 31.7 Å². The smallest absolute Gasteiger partial charge is 0.309 e. The number of fused-ring (bicyclic) bond motifs is 1. The second kappa shape index (κ2) is 8.60. The largest absolute Gasteiger partial charge is 0.421 e. The van der Waals surface area contributed by atoms with Gasteiger partial charge in [0.25, 0.3) is 21.5 Å². The molecule has 0 aromatic carbocycles. The predicted molar refractivity (Wildman–Crippen MR) is 116 cm³/mol. The molecule has 3 aromatic heterocycles. The number of carbonyl (C=O) groups is 2. The summed E-state index contributed by atoms with van der Waals surface area (Å²) < 4.78 is 70.0. The molecule has 1 aliphatic rings. The fourth-order valence-corrected chi connectivity index (χ4v) is 5.65. The highest BCUT2D eigenvalue weighted by atomic mass is 32.2. The number of halogens is 3. The van der Waals surface area contributed by atoms with Crippen LogP contribution in [0.25, 0.3) is 0 Å². The molecular formula is C17H13F3N8O6S2. The van der Waals surface area contributed by atoms with Crippen molar-refractivity contribution in [3.8, 4) is 0 Å². The van der Waals surface area contributed by atoms with E-state index in [2.05, 4.69) is 20.5 Å². The second-order valence-corrected chi connectivity index (χ2v) is 10.1. The van der Waals surface area contributed by atoms with E-state index in [1.54, 1.807) is 4.98 Å². The zero-order chi connectivity index (χ0) is 26.5. The topological polar surface area (TPSA) is 198 Å². The van der Waals surface area contributed by atoms with Gasteiger partial charge in [-0.1, -0.05) is 17.4 Å². The molecule has 0 spiro atoms. The van der Waals surface area contributed by atoms with Gasteiger partial charge in [-0.3, -0.25) is 28.9 Å². The Kier molecular flexibility index (Phi) is 6.01. The minimum Gasteiger partial charge on any atom is -0.309 e. The average Bonchev–Trinajstić information content (AvgIpc) is 3.35. The summed E-state index contributed by atoms with van der Waals surface area (Å²) >= 11 is 0.203. The Balaban J connectivity index is 1.89. The molecule has 4 rings (SSSR count). The summed E-state index contributed by atoms with van der Waals surface area (Å²) in [6.45, 7) is 0.660. The van der Waals surface area contributed by atoms with Crippen LogP contribution in [0.5, 0.6) is 0 Å². The molecule has 190 valence electrons. The predicted octanol–water partition coefficient (Wildman–Crippen LogP) is -0.522. The van der Waals surface area contributed by atoms with Crippen LogP contribution in [0.3, 0.4) is 0 Å². The van der Waals surface area contributed by atoms with E-state index in [1.807, 2.05) is 5.32 Å². The Morgan fingerprint density at radius 1 is 1.25 bits per heavy atom. The maximum atomic E-state index is 14.5. The van der Waals surface area contributed by atoms with E-state index in [0.717, 1.165) is 6.92 Å². The normalized spacial score (nSPS) is 17.5. The minimum atomic E-state index is -5.70. The third-order valence-corrected chi connectivity index (χ3v) is 7.50. The Labute approximate surface area is 201 Å². The van der Waals surface area contributed by atoms with Gasteiger partial charge in [0.05, 0.1) is 12.1 Å². The van der Waals surface area contributed by atoms with Gasteiger partial charge in [0, 0.05) is 19.3 Å². The highest BCUT2D eigenvalue weighted by molar-refractivity contribution is 7.91. The molecule has 0 aliphatic carbocycles. The third-order valence-electron chi connectivity index (χ3n) is 4.84. The van der Waals surface area contributed by atoms with E-state index >= 15 is 0 Å². The lowest BCUT2D eigenvalue weighted by Crippen LogP contribution is -2.61. The molecule has 0 saturated heterocycles. The maximum Gasteiger partial charge on any atom is 0.421 e. The minimum absolute atomic E-state index is 0.203. The lowest BCUT2D eigenvalue weighted by molar-refractivity contribution is -0.194. The van der Waals surface area contributed by atoms with Gasteiger partial charge in [-0.15, -0.1) is 10.2 Å². The zero-order valence-corrected chi connectivity index (χ0v) is 19.3. The fraction of sp³-hybridized carbons (Fsp3) is 0.235. The number of amides is 2. The van der Waals surface area contributed by atoms with Crippen LogP contribution in [0.2, 0.25) is 0 Å². The van der Waals surface area contributed by atoms with Crippen LogP contribution >= 0.6 is 11.3 Å². The number of pyridine rings is 1. The average molecular weight is 546 g/mol. The van der Waals surface area contributed by atoms with Crippen molar-refractivity contribution in [3.05, 3.63) is 56.5 Å². The van der Waals surface area contributed by atoms with Crippen molar-refractivity contribution in [1.29, 1.82) is 0 Å². The van der Waals surface area contributed by atoms with E-state index in [1.165, 1.54) is 29.2 Å². The first-order chi connectivity index (χ1) is 16.8. The van der Waals surface area contributed by atoms with Gasteiger partial charge in [-0.05, 0) is 11.6 Å². The number of anilines is 2. The maximum absolute atomic E-state index is 14.5. The lowest BCUT2D eigenvalue weighted by atomic mass is 9.93. The molecular weight excluding hydrogens is 533 g/mol. The van der Waals surface area contributed by atoms with Crippen LogP contribution < -0.4 is 26.6 Å². The summed E-state index contributed by atoms with van der Waals surface area (Å²) in [5, 5.41) is 10.2. The van der Waals surface area contributed by atoms with Crippen molar-refractivity contribution in [2.75, 3.05) is 10.6 Å². The van der Waals surface area contributed by atoms with Gasteiger partial charge < -0.3 is 10.6 Å². The lowest BCUT2D eigenvalue weighted by Gasteiger charge is -2.29. The van der Waals surface area contributed by atoms with Gasteiger partial charge in [-0.2, -0.15) is 17.9 Å². The first kappa shape index (κ1) is 25.1. The monoisotopic (exact) mass is 546 g/mol. The molecule has 19 heteroatoms. The summed E-state index contributed by atoms with van der Waals surface area (Å²) in [4.78, 5) is 54.5. The number of H-pyrrole nitrogens is 1. The summed E-state index contributed by atoms with van der Waals surface area (Å²) in [6, 6.07) is 2.96. The van der Waals surface area contributed by atoms with Crippen molar-refractivity contribution < 1.29 is 31.2 Å². The fourth-order valence-electron chi connectivity index (χ4n) is 3.38. The number of rotatable bonds is 6. The Morgan fingerprint density at radius 2 is 1.97 bits per heavy atom. The highest BCUT2D eigenvalue weighted by Gasteiger charge is 2.69. The molecule has 0 unspecified atom stereocenters. The van der Waals surface area contributed by atoms with Gasteiger partial charge in [0.1, 0.15) is 5.82 Å². The molecule has 2 amide bonds. The number of nitrogens with zero attached hydrogens (tertiary/aromatic N) is 4. The Hall–Kier alpha value is -3.97. The van der Waals surface area contributed by atoms with Gasteiger partial charge in [0.2, 0.25) is 20.9 Å². The number of aromatic nitrogens is 5. The van der Waals surface area contributed by atoms with E-state index in [4.69, 9.17) is 0 Å². The molecule has 0 bridgehead atoms. The van der Waals surface area contributed by atoms with Crippen molar-refractivity contribution in [3.63, 3.8) is 0 Å². The second-order valence-electron chi connectivity index (χ2n) is 7.29. The first-order valence-electron chi connectivity index (χ1n) is 9.56. The number of carbonyl (C=O) groups excluding carboxylic acids is 2. The number of hydrogen-bond donors (Lipinski definition) is 4. The molecule has 14 nitrogen and oxygen atoms in total. The molecule has 36 heavy (non-hydrogen) atoms. The molecule has 1 aliphatic heterocycles. The van der Waals surface area contributed by atoms with Crippen molar-refractivity contribution in [1.82, 2.24) is 29.5 Å². The first-order valence-corrected chi connectivity index (χ1v) is 11.9. The summed E-state index contributed by atoms with van der Waals surface area (Å²) in [6.07, 6.45) is -3.01. The van der Waals surface area contributed by atoms with Crippen molar-refractivity contribution in [2.24, 2.45) is 0 Å². The third kappa shape index (κ3) is 4.16. The highest BCUT2D eigenvalue weighted by Crippen LogP contribution is 2.46. The molecule has 0 saturated carbocycles. The van der Waals surface area contributed by atoms with Crippen LogP contribution in [-0.4, -0.2) is 51.1 Å². The summed E-state index contributed by atoms with van der Waals surface area (Å²) in [5.41, 5.74) is -8.00. The summed E-state index contributed by atoms with van der Waals surface area (Å²) in [7, 11) is -5.26. The Bertz CT molecular complexity index is 1600. The van der Waals surface area contributed by atoms with Gasteiger partial charge >= 0.3 is 11.9 Å². The van der Waals surface area contributed by atoms with E-state index in [9.17, 15) is 40.8 Å². The number of alkyl halides is 3. The molecule has 4 heterocycles. The van der Waals surface area contributed by atoms with E-state index < -0.39 is 67.1 Å². The van der Waals surface area contributed by atoms with Crippen LogP contribution in [0.1, 0.15) is 18.1 Å². The molecule has 0 fully saturated rings. The van der Waals surface area contributed by atoms with Gasteiger partial charge in [-0.25, -0.2) is 13.2 Å². The standard InChI is InChI=1S/C17H13F3N8O6S2/c1-7(29)22-13-25-26-15(35-13)36(33,34)27-16(17(18,19)20)9-10(23-12(16)31)28(14(32)24-11(9)30)6-8-3-2-4-21-5-8/h2-5,27H,6H2,1H3,(H,23,31)(H,22,25,29)(H,24,30,32)/t16-/m0/s1.